The molecule has 0 aliphatic rings. The van der Waals surface area contributed by atoms with Crippen molar-refractivity contribution in [1.82, 2.24) is 0 Å². The second-order valence-electron chi connectivity index (χ2n) is 4.47. The molecule has 0 fully saturated rings. The van der Waals surface area contributed by atoms with Crippen LogP contribution in [-0.2, 0) is 24.9 Å². The number of hydrogen-bond donors (Lipinski definition) is 0. The highest BCUT2D eigenvalue weighted by atomic mass is 17.8. The van der Waals surface area contributed by atoms with Crippen LogP contribution in [0.25, 0.3) is 0 Å². The van der Waals surface area contributed by atoms with E-state index >= 15 is 0 Å². The molecule has 0 saturated carbocycles. The van der Waals surface area contributed by atoms with Crippen LogP contribution < -0.4 is 0 Å². The van der Waals surface area contributed by atoms with E-state index in [4.69, 9.17) is 4.89 Å². The summed E-state index contributed by atoms with van der Waals surface area (Å²) in [4.78, 5) is 8.87. The molecule has 0 aromatic rings. The highest BCUT2D eigenvalue weighted by molar-refractivity contribution is 4.46. The van der Waals surface area contributed by atoms with Gasteiger partial charge < -0.3 is 4.89 Å². The van der Waals surface area contributed by atoms with Crippen molar-refractivity contribution in [3.8, 4) is 0 Å². The molecule has 0 bridgehead atoms. The van der Waals surface area contributed by atoms with Gasteiger partial charge in [0.1, 0.15) is 6.26 Å². The summed E-state index contributed by atoms with van der Waals surface area (Å²) in [6.45, 7) is 5.97. The van der Waals surface area contributed by atoms with E-state index in [1.54, 1.807) is 0 Å². The average molecular weight is 276 g/mol. The minimum absolute atomic E-state index is 0.480. The monoisotopic (exact) mass is 276 g/mol. The summed E-state index contributed by atoms with van der Waals surface area (Å²) in [5.74, 6) is 0. The van der Waals surface area contributed by atoms with Gasteiger partial charge in [0.2, 0.25) is 0 Å². The van der Waals surface area contributed by atoms with Crippen molar-refractivity contribution in [2.75, 3.05) is 6.61 Å². The van der Waals surface area contributed by atoms with E-state index in [1.807, 2.05) is 0 Å². The van der Waals surface area contributed by atoms with Crippen LogP contribution >= 0.6 is 0 Å². The Balaban J connectivity index is 2.89. The number of unbranched alkanes of at least 4 members (excludes halogenated alkanes) is 9. The molecule has 0 unspecified atom stereocenters. The zero-order chi connectivity index (χ0) is 14.0. The molecule has 114 valence electrons. The summed E-state index contributed by atoms with van der Waals surface area (Å²) in [6.07, 6.45) is 13.9. The summed E-state index contributed by atoms with van der Waals surface area (Å²) < 4.78 is 0. The summed E-state index contributed by atoms with van der Waals surface area (Å²) in [5.41, 5.74) is 0. The first-order valence-corrected chi connectivity index (χ1v) is 7.31. The average Bonchev–Trinajstić information content (AvgIpc) is 2.43. The maximum absolute atomic E-state index is 4.69. The highest BCUT2D eigenvalue weighted by Crippen LogP contribution is 2.10. The minimum Gasteiger partial charge on any atom is -0.315 e. The van der Waals surface area contributed by atoms with Crippen LogP contribution in [0.2, 0.25) is 0 Å². The summed E-state index contributed by atoms with van der Waals surface area (Å²) in [5, 5.41) is 12.3. The number of hydrogen-bond acceptors (Lipinski definition) is 5. The molecule has 0 heterocycles. The van der Waals surface area contributed by atoms with Crippen molar-refractivity contribution in [2.24, 2.45) is 0 Å². The Hall–Kier alpha value is -0.620. The third-order valence-electron chi connectivity index (χ3n) is 2.79. The third-order valence-corrected chi connectivity index (χ3v) is 2.79. The molecule has 0 N–H and O–H groups in total. The first-order valence-electron chi connectivity index (χ1n) is 7.31. The first kappa shape index (κ1) is 18.4. The van der Waals surface area contributed by atoms with Crippen LogP contribution in [0.5, 0.6) is 0 Å². The molecular formula is C14H28O5. The van der Waals surface area contributed by atoms with E-state index in [0.29, 0.717) is 6.61 Å². The molecule has 0 aliphatic carbocycles. The van der Waals surface area contributed by atoms with E-state index in [1.165, 1.54) is 51.4 Å². The molecular weight excluding hydrogens is 248 g/mol. The molecule has 0 spiro atoms. The molecule has 0 aromatic carbocycles. The molecule has 0 atom stereocenters. The van der Waals surface area contributed by atoms with Crippen LogP contribution in [-0.4, -0.2) is 6.61 Å². The van der Waals surface area contributed by atoms with Crippen LogP contribution in [0.15, 0.2) is 12.8 Å². The van der Waals surface area contributed by atoms with Gasteiger partial charge in [-0.25, -0.2) is 4.89 Å². The lowest BCUT2D eigenvalue weighted by molar-refractivity contribution is -0.700. The fraction of sp³-hybridized carbons (Fsp3) is 0.857. The van der Waals surface area contributed by atoms with E-state index in [9.17, 15) is 0 Å². The maximum atomic E-state index is 4.69. The smallest absolute Gasteiger partial charge is 0.125 e. The Morgan fingerprint density at radius 1 is 0.737 bits per heavy atom. The van der Waals surface area contributed by atoms with Gasteiger partial charge in [-0.05, 0) is 11.5 Å². The van der Waals surface area contributed by atoms with Gasteiger partial charge in [-0.1, -0.05) is 71.3 Å². The molecule has 0 rings (SSSR count). The Bertz CT molecular complexity index is 175. The second kappa shape index (κ2) is 17.4. The van der Waals surface area contributed by atoms with Crippen LogP contribution in [0.1, 0.15) is 71.1 Å². The molecule has 0 saturated heterocycles. The van der Waals surface area contributed by atoms with Gasteiger partial charge in [-0.2, -0.15) is 0 Å². The molecule has 5 nitrogen and oxygen atoms in total. The van der Waals surface area contributed by atoms with Crippen LogP contribution in [0.4, 0.5) is 0 Å². The Kier molecular flexibility index (Phi) is 16.8. The topological polar surface area (TPSA) is 46.2 Å². The third kappa shape index (κ3) is 17.4. The lowest BCUT2D eigenvalue weighted by Gasteiger charge is -2.02. The van der Waals surface area contributed by atoms with Crippen molar-refractivity contribution in [2.45, 2.75) is 71.1 Å². The molecule has 0 radical (unpaired) electrons. The van der Waals surface area contributed by atoms with E-state index < -0.39 is 0 Å². The van der Waals surface area contributed by atoms with Crippen molar-refractivity contribution in [3.63, 3.8) is 0 Å². The van der Waals surface area contributed by atoms with Gasteiger partial charge in [0.25, 0.3) is 0 Å². The van der Waals surface area contributed by atoms with Gasteiger partial charge in [0.05, 0.1) is 6.61 Å². The van der Waals surface area contributed by atoms with Crippen molar-refractivity contribution in [3.05, 3.63) is 12.8 Å². The minimum atomic E-state index is 0.480. The molecule has 5 heteroatoms. The molecule has 0 aliphatic heterocycles. The SMILES string of the molecule is C=COOOOOCCCCCCCCCCCC. The van der Waals surface area contributed by atoms with Gasteiger partial charge in [0, 0.05) is 10.1 Å². The predicted molar refractivity (Wildman–Crippen MR) is 72.3 cm³/mol. The molecule has 0 aromatic heterocycles. The zero-order valence-corrected chi connectivity index (χ0v) is 12.1. The van der Waals surface area contributed by atoms with Crippen LogP contribution in [0, 0.1) is 0 Å². The van der Waals surface area contributed by atoms with E-state index in [-0.39, 0.29) is 0 Å². The lowest BCUT2D eigenvalue weighted by Crippen LogP contribution is -1.99. The van der Waals surface area contributed by atoms with Crippen molar-refractivity contribution in [1.29, 1.82) is 0 Å². The molecule has 0 amide bonds. The number of rotatable bonds is 16. The van der Waals surface area contributed by atoms with Crippen molar-refractivity contribution < 1.29 is 24.9 Å². The Morgan fingerprint density at radius 2 is 1.32 bits per heavy atom. The van der Waals surface area contributed by atoms with Gasteiger partial charge in [-0.3, -0.25) is 0 Å². The maximum Gasteiger partial charge on any atom is 0.125 e. The molecule has 19 heavy (non-hydrogen) atoms. The standard InChI is InChI=1S/C14H28O5/c1-3-5-6-7-8-9-10-11-12-13-14-16-18-19-17-15-4-2/h4H,2-3,5-14H2,1H3. The van der Waals surface area contributed by atoms with Gasteiger partial charge >= 0.3 is 0 Å². The quantitative estimate of drug-likeness (QED) is 0.175. The van der Waals surface area contributed by atoms with Gasteiger partial charge in [0.15, 0.2) is 0 Å². The van der Waals surface area contributed by atoms with E-state index in [2.05, 4.69) is 33.5 Å². The fourth-order valence-corrected chi connectivity index (χ4v) is 1.76. The summed E-state index contributed by atoms with van der Waals surface area (Å²) >= 11 is 0. The Labute approximate surface area is 116 Å². The zero-order valence-electron chi connectivity index (χ0n) is 12.1. The van der Waals surface area contributed by atoms with Crippen LogP contribution in [0.3, 0.4) is 0 Å². The Morgan fingerprint density at radius 3 is 1.89 bits per heavy atom. The van der Waals surface area contributed by atoms with Gasteiger partial charge in [-0.15, -0.1) is 0 Å². The van der Waals surface area contributed by atoms with Crippen molar-refractivity contribution >= 4 is 0 Å². The lowest BCUT2D eigenvalue weighted by atomic mass is 10.1. The highest BCUT2D eigenvalue weighted by Gasteiger charge is 1.94. The predicted octanol–water partition coefficient (Wildman–Crippen LogP) is 4.79. The fourth-order valence-electron chi connectivity index (χ4n) is 1.76. The summed E-state index contributed by atoms with van der Waals surface area (Å²) in [7, 11) is 0. The second-order valence-corrected chi connectivity index (χ2v) is 4.47. The largest absolute Gasteiger partial charge is 0.315 e. The van der Waals surface area contributed by atoms with E-state index in [0.717, 1.165) is 19.1 Å². The normalized spacial score (nSPS) is 10.6. The first-order chi connectivity index (χ1) is 9.41. The summed E-state index contributed by atoms with van der Waals surface area (Å²) in [6, 6.07) is 0.